The van der Waals surface area contributed by atoms with Crippen molar-refractivity contribution in [3.8, 4) is 0 Å². The van der Waals surface area contributed by atoms with Crippen LogP contribution in [0.4, 0.5) is 8.78 Å². The number of carbonyl (C=O) groups is 3. The average molecular weight is 418 g/mol. The van der Waals surface area contributed by atoms with Gasteiger partial charge in [0.15, 0.2) is 6.29 Å². The van der Waals surface area contributed by atoms with E-state index in [1.54, 1.807) is 6.07 Å². The summed E-state index contributed by atoms with van der Waals surface area (Å²) in [6.07, 6.45) is 2.39. The van der Waals surface area contributed by atoms with Crippen molar-refractivity contribution < 1.29 is 33.0 Å². The number of benzene rings is 2. The quantitative estimate of drug-likeness (QED) is 0.297. The molecule has 5 nitrogen and oxygen atoms in total. The van der Waals surface area contributed by atoms with E-state index in [0.29, 0.717) is 44.0 Å². The van der Waals surface area contributed by atoms with Crippen LogP contribution in [0.1, 0.15) is 66.1 Å². The van der Waals surface area contributed by atoms with Gasteiger partial charge in [0.1, 0.15) is 17.7 Å². The zero-order chi connectivity index (χ0) is 21.9. The molecule has 0 spiro atoms. The molecular formula is C23H24F2O5. The highest BCUT2D eigenvalue weighted by Crippen LogP contribution is 2.25. The highest BCUT2D eigenvalue weighted by Gasteiger charge is 2.17. The number of unbranched alkanes of at least 4 members (excludes halogenated alkanes) is 1. The molecule has 0 aliphatic rings. The van der Waals surface area contributed by atoms with E-state index in [0.717, 1.165) is 5.56 Å². The summed E-state index contributed by atoms with van der Waals surface area (Å²) in [6.45, 7) is 0. The summed E-state index contributed by atoms with van der Waals surface area (Å²) in [7, 11) is 0. The highest BCUT2D eigenvalue weighted by atomic mass is 19.1. The number of hydrogen-bond donors (Lipinski definition) is 1. The maximum absolute atomic E-state index is 13.3. The third kappa shape index (κ3) is 7.73. The number of rotatable bonds is 12. The van der Waals surface area contributed by atoms with Gasteiger partial charge in [-0.05, 0) is 67.5 Å². The molecule has 0 saturated carbocycles. The molecule has 0 amide bonds. The van der Waals surface area contributed by atoms with E-state index in [9.17, 15) is 23.2 Å². The molecule has 0 bridgehead atoms. The Kier molecular flexibility index (Phi) is 9.12. The van der Waals surface area contributed by atoms with Gasteiger partial charge in [-0.15, -0.1) is 0 Å². The van der Waals surface area contributed by atoms with E-state index in [1.165, 1.54) is 36.4 Å². The third-order valence-corrected chi connectivity index (χ3v) is 4.66. The molecule has 1 atom stereocenters. The second kappa shape index (κ2) is 11.8. The second-order valence-corrected chi connectivity index (χ2v) is 7.00. The molecule has 0 radical (unpaired) electrons. The molecule has 1 N–H and O–H groups in total. The van der Waals surface area contributed by atoms with Crippen molar-refractivity contribution in [3.05, 3.63) is 70.8 Å². The Bertz CT molecular complexity index is 864. The number of carboxylic acids is 1. The molecule has 0 aliphatic heterocycles. The number of carboxylic acid groups (broad SMARTS) is 1. The Morgan fingerprint density at radius 2 is 1.73 bits per heavy atom. The fraction of sp³-hybridized carbons (Fsp3) is 0.348. The van der Waals surface area contributed by atoms with Crippen molar-refractivity contribution in [1.29, 1.82) is 0 Å². The zero-order valence-electron chi connectivity index (χ0n) is 16.5. The fourth-order valence-corrected chi connectivity index (χ4v) is 3.06. The van der Waals surface area contributed by atoms with Crippen LogP contribution in [0.2, 0.25) is 0 Å². The van der Waals surface area contributed by atoms with Gasteiger partial charge in [-0.3, -0.25) is 14.4 Å². The SMILES string of the molecule is O=Cc1cc(CCCCC(=O)OC(CCCC(=O)O)c2ccc(F)cc2)ccc1F. The van der Waals surface area contributed by atoms with Crippen LogP contribution in [0.25, 0.3) is 0 Å². The van der Waals surface area contributed by atoms with Crippen molar-refractivity contribution in [1.82, 2.24) is 0 Å². The van der Waals surface area contributed by atoms with Crippen molar-refractivity contribution >= 4 is 18.2 Å². The van der Waals surface area contributed by atoms with Crippen molar-refractivity contribution in [2.24, 2.45) is 0 Å². The van der Waals surface area contributed by atoms with E-state index >= 15 is 0 Å². The summed E-state index contributed by atoms with van der Waals surface area (Å²) < 4.78 is 32.0. The van der Waals surface area contributed by atoms with E-state index in [2.05, 4.69) is 0 Å². The molecule has 0 saturated heterocycles. The lowest BCUT2D eigenvalue weighted by Crippen LogP contribution is -2.12. The number of aliphatic carboxylic acids is 1. The van der Waals surface area contributed by atoms with Gasteiger partial charge in [-0.1, -0.05) is 18.2 Å². The lowest BCUT2D eigenvalue weighted by Gasteiger charge is -2.18. The Morgan fingerprint density at radius 1 is 1.00 bits per heavy atom. The third-order valence-electron chi connectivity index (χ3n) is 4.66. The van der Waals surface area contributed by atoms with Gasteiger partial charge >= 0.3 is 11.9 Å². The van der Waals surface area contributed by atoms with Gasteiger partial charge in [0.2, 0.25) is 0 Å². The lowest BCUT2D eigenvalue weighted by molar-refractivity contribution is -0.150. The first kappa shape index (κ1) is 23.2. The number of ether oxygens (including phenoxy) is 1. The molecular weight excluding hydrogens is 394 g/mol. The Hall–Kier alpha value is -3.09. The Labute approximate surface area is 173 Å². The molecule has 0 heterocycles. The normalized spacial score (nSPS) is 11.7. The van der Waals surface area contributed by atoms with Crippen LogP contribution in [-0.2, 0) is 20.7 Å². The van der Waals surface area contributed by atoms with Crippen molar-refractivity contribution in [2.45, 2.75) is 51.0 Å². The van der Waals surface area contributed by atoms with Crippen LogP contribution < -0.4 is 0 Å². The molecule has 30 heavy (non-hydrogen) atoms. The number of carbonyl (C=O) groups excluding carboxylic acids is 2. The fourth-order valence-electron chi connectivity index (χ4n) is 3.06. The summed E-state index contributed by atoms with van der Waals surface area (Å²) in [5.74, 6) is -2.33. The number of hydrogen-bond acceptors (Lipinski definition) is 4. The predicted octanol–water partition coefficient (Wildman–Crippen LogP) is 5.03. The number of esters is 1. The van der Waals surface area contributed by atoms with Crippen LogP contribution in [0.5, 0.6) is 0 Å². The van der Waals surface area contributed by atoms with Gasteiger partial charge in [-0.2, -0.15) is 0 Å². The van der Waals surface area contributed by atoms with Crippen molar-refractivity contribution in [2.75, 3.05) is 0 Å². The summed E-state index contributed by atoms with van der Waals surface area (Å²) in [6, 6.07) is 9.92. The Balaban J connectivity index is 1.84. The second-order valence-electron chi connectivity index (χ2n) is 7.00. The summed E-state index contributed by atoms with van der Waals surface area (Å²) in [5, 5.41) is 8.80. The van der Waals surface area contributed by atoms with Crippen LogP contribution in [0, 0.1) is 11.6 Å². The first-order valence-corrected chi connectivity index (χ1v) is 9.79. The van der Waals surface area contributed by atoms with Gasteiger partial charge in [-0.25, -0.2) is 8.78 Å². The molecule has 0 aromatic heterocycles. The molecule has 160 valence electrons. The monoisotopic (exact) mass is 418 g/mol. The molecule has 2 rings (SSSR count). The van der Waals surface area contributed by atoms with E-state index in [-0.39, 0.29) is 18.4 Å². The maximum atomic E-state index is 13.3. The smallest absolute Gasteiger partial charge is 0.306 e. The van der Waals surface area contributed by atoms with Gasteiger partial charge in [0.05, 0.1) is 5.56 Å². The van der Waals surface area contributed by atoms with E-state index in [1.807, 2.05) is 0 Å². The molecule has 7 heteroatoms. The summed E-state index contributed by atoms with van der Waals surface area (Å²) in [4.78, 5) is 33.8. The Morgan fingerprint density at radius 3 is 2.40 bits per heavy atom. The topological polar surface area (TPSA) is 80.7 Å². The minimum atomic E-state index is -0.933. The average Bonchev–Trinajstić information content (AvgIpc) is 2.72. The number of aldehydes is 1. The minimum absolute atomic E-state index is 0.00964. The molecule has 1 unspecified atom stereocenters. The number of halogens is 2. The summed E-state index contributed by atoms with van der Waals surface area (Å²) >= 11 is 0. The maximum Gasteiger partial charge on any atom is 0.306 e. The van der Waals surface area contributed by atoms with Crippen LogP contribution in [0.3, 0.4) is 0 Å². The summed E-state index contributed by atoms with van der Waals surface area (Å²) in [5.41, 5.74) is 1.43. The van der Waals surface area contributed by atoms with E-state index in [4.69, 9.17) is 9.84 Å². The standard InChI is InChI=1S/C23H24F2O5/c24-19-11-9-17(10-12-19)21(5-3-6-22(27)28)30-23(29)7-2-1-4-16-8-13-20(25)18(14-16)15-26/h8-15,21H,1-7H2,(H,27,28). The largest absolute Gasteiger partial charge is 0.481 e. The molecule has 0 fully saturated rings. The minimum Gasteiger partial charge on any atom is -0.481 e. The zero-order valence-corrected chi connectivity index (χ0v) is 16.5. The molecule has 0 aliphatic carbocycles. The van der Waals surface area contributed by atoms with Gasteiger partial charge < -0.3 is 9.84 Å². The molecule has 2 aromatic rings. The van der Waals surface area contributed by atoms with E-state index < -0.39 is 29.7 Å². The van der Waals surface area contributed by atoms with Crippen LogP contribution in [-0.4, -0.2) is 23.3 Å². The molecule has 2 aromatic carbocycles. The highest BCUT2D eigenvalue weighted by molar-refractivity contribution is 5.75. The lowest BCUT2D eigenvalue weighted by atomic mass is 10.0. The van der Waals surface area contributed by atoms with Gasteiger partial charge in [0.25, 0.3) is 0 Å². The first-order valence-electron chi connectivity index (χ1n) is 9.79. The van der Waals surface area contributed by atoms with Crippen molar-refractivity contribution in [3.63, 3.8) is 0 Å². The van der Waals surface area contributed by atoms with Crippen LogP contribution >= 0.6 is 0 Å². The predicted molar refractivity (Wildman–Crippen MR) is 106 cm³/mol. The van der Waals surface area contributed by atoms with Gasteiger partial charge in [0, 0.05) is 12.8 Å². The number of aryl methyl sites for hydroxylation is 1. The van der Waals surface area contributed by atoms with Crippen LogP contribution in [0.15, 0.2) is 42.5 Å². The first-order chi connectivity index (χ1) is 14.4.